The number of benzene rings is 1. The topological polar surface area (TPSA) is 95.6 Å². The number of fused-ring (bicyclic) bond motifs is 2. The highest BCUT2D eigenvalue weighted by molar-refractivity contribution is 6.06. The summed E-state index contributed by atoms with van der Waals surface area (Å²) in [6.45, 7) is 4.60. The molecule has 1 amide bonds. The third kappa shape index (κ3) is 3.00. The van der Waals surface area contributed by atoms with E-state index in [1.807, 2.05) is 25.1 Å². The summed E-state index contributed by atoms with van der Waals surface area (Å²) in [6, 6.07) is 5.30. The summed E-state index contributed by atoms with van der Waals surface area (Å²) >= 11 is 0. The monoisotopic (exact) mass is 383 g/mol. The van der Waals surface area contributed by atoms with Gasteiger partial charge in [-0.15, -0.1) is 0 Å². The maximum Gasteiger partial charge on any atom is 0.265 e. The zero-order valence-electron chi connectivity index (χ0n) is 15.9. The molecule has 0 bridgehead atoms. The van der Waals surface area contributed by atoms with Crippen LogP contribution in [-0.2, 0) is 7.05 Å². The number of nitrogens with zero attached hydrogens (tertiary/aromatic N) is 2. The van der Waals surface area contributed by atoms with Crippen LogP contribution in [0, 0.1) is 6.92 Å². The Hall–Kier alpha value is -3.29. The second-order valence-corrected chi connectivity index (χ2v) is 6.67. The van der Waals surface area contributed by atoms with Crippen molar-refractivity contribution in [1.82, 2.24) is 14.9 Å². The quantitative estimate of drug-likeness (QED) is 0.744. The summed E-state index contributed by atoms with van der Waals surface area (Å²) in [7, 11) is 1.59. The average molecular weight is 383 g/mol. The van der Waals surface area contributed by atoms with Crippen LogP contribution in [0.25, 0.3) is 11.1 Å². The van der Waals surface area contributed by atoms with Crippen LogP contribution < -0.4 is 20.3 Å². The maximum absolute atomic E-state index is 13.1. The largest absolute Gasteiger partial charge is 0.494 e. The molecule has 3 aromatic rings. The summed E-state index contributed by atoms with van der Waals surface area (Å²) in [6.07, 6.45) is 1.98. The van der Waals surface area contributed by atoms with Crippen LogP contribution in [0.1, 0.15) is 41.1 Å². The molecule has 4 rings (SSSR count). The van der Waals surface area contributed by atoms with Gasteiger partial charge in [-0.1, -0.05) is 0 Å². The summed E-state index contributed by atoms with van der Waals surface area (Å²) < 4.78 is 18.1. The number of aryl methyl sites for hydroxylation is 2. The first kappa shape index (κ1) is 18.1. The van der Waals surface area contributed by atoms with Crippen molar-refractivity contribution in [3.63, 3.8) is 0 Å². The van der Waals surface area contributed by atoms with E-state index in [9.17, 15) is 9.59 Å². The first-order chi connectivity index (χ1) is 13.5. The maximum atomic E-state index is 13.1. The molecule has 1 aromatic carbocycles. The first-order valence-electron chi connectivity index (χ1n) is 9.14. The lowest BCUT2D eigenvalue weighted by molar-refractivity contribution is 0.0924. The minimum absolute atomic E-state index is 0.164. The first-order valence-corrected chi connectivity index (χ1v) is 9.14. The van der Waals surface area contributed by atoms with Gasteiger partial charge in [0.05, 0.1) is 24.8 Å². The van der Waals surface area contributed by atoms with Crippen molar-refractivity contribution in [2.75, 3.05) is 13.2 Å². The van der Waals surface area contributed by atoms with E-state index in [2.05, 4.69) is 10.3 Å². The molecule has 1 unspecified atom stereocenters. The van der Waals surface area contributed by atoms with Gasteiger partial charge in [0, 0.05) is 19.0 Å². The van der Waals surface area contributed by atoms with Crippen molar-refractivity contribution >= 4 is 17.0 Å². The van der Waals surface area contributed by atoms with Gasteiger partial charge in [0.25, 0.3) is 11.5 Å². The van der Waals surface area contributed by atoms with Crippen LogP contribution in [-0.4, -0.2) is 28.7 Å². The Morgan fingerprint density at radius 2 is 2.25 bits per heavy atom. The van der Waals surface area contributed by atoms with Crippen molar-refractivity contribution in [3.05, 3.63) is 51.8 Å². The van der Waals surface area contributed by atoms with E-state index >= 15 is 0 Å². The zero-order chi connectivity index (χ0) is 19.8. The molecular weight excluding hydrogens is 362 g/mol. The van der Waals surface area contributed by atoms with E-state index in [0.29, 0.717) is 36.9 Å². The van der Waals surface area contributed by atoms with Gasteiger partial charge in [-0.25, -0.2) is 4.98 Å². The van der Waals surface area contributed by atoms with Crippen molar-refractivity contribution in [3.8, 4) is 11.5 Å². The molecule has 8 nitrogen and oxygen atoms in total. The number of carbonyl (C=O) groups is 1. The highest BCUT2D eigenvalue weighted by atomic mass is 16.5. The third-order valence-electron chi connectivity index (χ3n) is 4.81. The molecule has 0 fully saturated rings. The molecule has 8 heteroatoms. The van der Waals surface area contributed by atoms with Gasteiger partial charge in [0.1, 0.15) is 29.0 Å². The van der Waals surface area contributed by atoms with Gasteiger partial charge in [0.2, 0.25) is 5.71 Å². The zero-order valence-corrected chi connectivity index (χ0v) is 15.9. The molecule has 3 heterocycles. The molecule has 1 atom stereocenters. The van der Waals surface area contributed by atoms with Crippen LogP contribution in [0.5, 0.6) is 11.5 Å². The fraction of sp³-hybridized carbons (Fsp3) is 0.350. The summed E-state index contributed by atoms with van der Waals surface area (Å²) in [5.74, 6) is 1.42. The van der Waals surface area contributed by atoms with Gasteiger partial charge in [-0.2, -0.15) is 0 Å². The normalized spacial score (nSPS) is 15.8. The van der Waals surface area contributed by atoms with Gasteiger partial charge in [-0.05, 0) is 32.0 Å². The molecule has 1 aliphatic heterocycles. The number of ether oxygens (including phenoxy) is 2. The lowest BCUT2D eigenvalue weighted by Crippen LogP contribution is -2.33. The van der Waals surface area contributed by atoms with Crippen molar-refractivity contribution in [1.29, 1.82) is 0 Å². The van der Waals surface area contributed by atoms with Crippen molar-refractivity contribution < 1.29 is 18.7 Å². The Morgan fingerprint density at radius 3 is 3.04 bits per heavy atom. The molecule has 0 spiro atoms. The Balaban J connectivity index is 1.70. The van der Waals surface area contributed by atoms with Gasteiger partial charge in [-0.3, -0.25) is 9.59 Å². The third-order valence-corrected chi connectivity index (χ3v) is 4.81. The van der Waals surface area contributed by atoms with Gasteiger partial charge in [0.15, 0.2) is 0 Å². The van der Waals surface area contributed by atoms with Crippen molar-refractivity contribution in [2.45, 2.75) is 26.3 Å². The van der Waals surface area contributed by atoms with Gasteiger partial charge >= 0.3 is 0 Å². The Bertz CT molecular complexity index is 1110. The summed E-state index contributed by atoms with van der Waals surface area (Å²) in [5, 5.41) is 3.21. The average Bonchev–Trinajstić information content (AvgIpc) is 3.02. The summed E-state index contributed by atoms with van der Waals surface area (Å²) in [4.78, 5) is 29.7. The van der Waals surface area contributed by atoms with E-state index in [0.717, 1.165) is 5.56 Å². The highest BCUT2D eigenvalue weighted by Gasteiger charge is 2.28. The summed E-state index contributed by atoms with van der Waals surface area (Å²) in [5.41, 5.74) is 0.912. The Morgan fingerprint density at radius 1 is 1.43 bits per heavy atom. The lowest BCUT2D eigenvalue weighted by Gasteiger charge is -2.27. The Labute approximate surface area is 161 Å². The molecule has 1 aliphatic rings. The second-order valence-electron chi connectivity index (χ2n) is 6.67. The predicted octanol–water partition coefficient (Wildman–Crippen LogP) is 2.49. The van der Waals surface area contributed by atoms with Crippen LogP contribution in [0.2, 0.25) is 0 Å². The molecule has 0 saturated carbocycles. The number of furan rings is 1. The minimum Gasteiger partial charge on any atom is -0.494 e. The molecule has 28 heavy (non-hydrogen) atoms. The lowest BCUT2D eigenvalue weighted by atomic mass is 9.99. The number of nitrogens with one attached hydrogen (secondary N) is 1. The van der Waals surface area contributed by atoms with Crippen molar-refractivity contribution in [2.24, 2.45) is 7.05 Å². The number of hydrogen-bond donors (Lipinski definition) is 1. The fourth-order valence-electron chi connectivity index (χ4n) is 3.47. The predicted molar refractivity (Wildman–Crippen MR) is 102 cm³/mol. The Kier molecular flexibility index (Phi) is 4.54. The van der Waals surface area contributed by atoms with E-state index in [4.69, 9.17) is 13.9 Å². The van der Waals surface area contributed by atoms with E-state index in [-0.39, 0.29) is 34.2 Å². The smallest absolute Gasteiger partial charge is 0.265 e. The number of hydrogen-bond acceptors (Lipinski definition) is 6. The second kappa shape index (κ2) is 7.03. The van der Waals surface area contributed by atoms with Crippen LogP contribution in [0.4, 0.5) is 0 Å². The fourth-order valence-corrected chi connectivity index (χ4v) is 3.47. The SMILES string of the molecule is CCOc1ccc2c(c1)C(NC(=O)c1c(C)oc3ncn(C)c(=O)c13)CCO2. The molecule has 1 N–H and O–H groups in total. The van der Waals surface area contributed by atoms with E-state index in [1.54, 1.807) is 14.0 Å². The van der Waals surface area contributed by atoms with E-state index < -0.39 is 0 Å². The molecule has 146 valence electrons. The number of amides is 1. The van der Waals surface area contributed by atoms with Gasteiger partial charge < -0.3 is 23.8 Å². The number of aromatic nitrogens is 2. The van der Waals surface area contributed by atoms with Crippen LogP contribution in [0.15, 0.2) is 33.7 Å². The standard InChI is InChI=1S/C20H21N3O5/c1-4-26-12-5-6-15-13(9-12)14(7-8-27-15)22-18(24)16-11(2)28-19-17(16)20(25)23(3)10-21-19/h5-6,9-10,14H,4,7-8H2,1-3H3,(H,22,24). The number of carbonyl (C=O) groups excluding carboxylic acids is 1. The van der Waals surface area contributed by atoms with E-state index in [1.165, 1.54) is 10.9 Å². The number of rotatable bonds is 4. The highest BCUT2D eigenvalue weighted by Crippen LogP contribution is 2.35. The van der Waals surface area contributed by atoms with Crippen LogP contribution >= 0.6 is 0 Å². The molecular formula is C20H21N3O5. The molecule has 0 radical (unpaired) electrons. The molecule has 0 aliphatic carbocycles. The van der Waals surface area contributed by atoms with Crippen LogP contribution in [0.3, 0.4) is 0 Å². The molecule has 0 saturated heterocycles. The minimum atomic E-state index is -0.374. The molecule has 2 aromatic heterocycles.